The van der Waals surface area contributed by atoms with Gasteiger partial charge in [-0.3, -0.25) is 4.79 Å². The van der Waals surface area contributed by atoms with Crippen LogP contribution >= 0.6 is 0 Å². The zero-order valence-electron chi connectivity index (χ0n) is 16.2. The van der Waals surface area contributed by atoms with E-state index in [0.29, 0.717) is 12.0 Å². The summed E-state index contributed by atoms with van der Waals surface area (Å²) in [4.78, 5) is 25.5. The number of nitrogens with zero attached hydrogens (tertiary/aromatic N) is 1. The standard InChI is InChI=1S/C18H28N2O6S/c1-5-14(4)20(18(22)19-12-17(21)25-6-2)13-15-9-8-10-16(11-15)26-27(23,24)7-3/h8-11,14H,5-7,12-13H2,1-4H3,(H,19,22). The van der Waals surface area contributed by atoms with E-state index in [2.05, 4.69) is 5.32 Å². The number of benzene rings is 1. The van der Waals surface area contributed by atoms with Crippen LogP contribution in [0.1, 0.15) is 39.7 Å². The smallest absolute Gasteiger partial charge is 0.325 e. The third-order valence-electron chi connectivity index (χ3n) is 3.90. The zero-order chi connectivity index (χ0) is 20.4. The minimum atomic E-state index is -3.62. The first-order valence-corrected chi connectivity index (χ1v) is 10.5. The van der Waals surface area contributed by atoms with Gasteiger partial charge in [-0.05, 0) is 44.9 Å². The van der Waals surface area contributed by atoms with E-state index >= 15 is 0 Å². The molecular weight excluding hydrogens is 372 g/mol. The quantitative estimate of drug-likeness (QED) is 0.478. The second kappa shape index (κ2) is 10.8. The molecular formula is C18H28N2O6S. The van der Waals surface area contributed by atoms with E-state index in [-0.39, 0.29) is 37.2 Å². The highest BCUT2D eigenvalue weighted by molar-refractivity contribution is 7.87. The van der Waals surface area contributed by atoms with Gasteiger partial charge in [0.15, 0.2) is 0 Å². The topological polar surface area (TPSA) is 102 Å². The number of ether oxygens (including phenoxy) is 1. The SMILES string of the molecule is CCOC(=O)CNC(=O)N(Cc1cccc(OS(=O)(=O)CC)c1)C(C)CC. The van der Waals surface area contributed by atoms with Crippen molar-refractivity contribution in [2.24, 2.45) is 0 Å². The van der Waals surface area contributed by atoms with Crippen molar-refractivity contribution < 1.29 is 26.9 Å². The molecule has 8 nitrogen and oxygen atoms in total. The third kappa shape index (κ3) is 7.86. The van der Waals surface area contributed by atoms with Crippen LogP contribution in [0.4, 0.5) is 4.79 Å². The van der Waals surface area contributed by atoms with Crippen molar-refractivity contribution in [2.45, 2.75) is 46.7 Å². The summed E-state index contributed by atoms with van der Waals surface area (Å²) in [5.41, 5.74) is 0.713. The average molecular weight is 400 g/mol. The Morgan fingerprint density at radius 2 is 1.93 bits per heavy atom. The fourth-order valence-corrected chi connectivity index (χ4v) is 2.72. The van der Waals surface area contributed by atoms with Crippen LogP contribution in [0.5, 0.6) is 5.75 Å². The molecule has 1 N–H and O–H groups in total. The largest absolute Gasteiger partial charge is 0.465 e. The van der Waals surface area contributed by atoms with Gasteiger partial charge in [0.1, 0.15) is 12.3 Å². The Balaban J connectivity index is 2.88. The Labute approximate surface area is 161 Å². The van der Waals surface area contributed by atoms with Crippen molar-refractivity contribution in [3.8, 4) is 5.75 Å². The number of amides is 2. The minimum Gasteiger partial charge on any atom is -0.465 e. The molecule has 0 aliphatic rings. The molecule has 2 amide bonds. The molecule has 1 unspecified atom stereocenters. The highest BCUT2D eigenvalue weighted by Gasteiger charge is 2.20. The molecule has 0 bridgehead atoms. The fraction of sp³-hybridized carbons (Fsp3) is 0.556. The monoisotopic (exact) mass is 400 g/mol. The summed E-state index contributed by atoms with van der Waals surface area (Å²) in [5, 5.41) is 2.55. The molecule has 9 heteroatoms. The van der Waals surface area contributed by atoms with Crippen LogP contribution in [0, 0.1) is 0 Å². The molecule has 1 rings (SSSR count). The molecule has 1 atom stereocenters. The summed E-state index contributed by atoms with van der Waals surface area (Å²) < 4.78 is 33.1. The van der Waals surface area contributed by atoms with Gasteiger partial charge in [0.05, 0.1) is 12.4 Å². The lowest BCUT2D eigenvalue weighted by Gasteiger charge is -2.29. The first kappa shape index (κ1) is 22.8. The van der Waals surface area contributed by atoms with Crippen LogP contribution in [0.2, 0.25) is 0 Å². The lowest BCUT2D eigenvalue weighted by molar-refractivity contribution is -0.141. The maximum Gasteiger partial charge on any atom is 0.325 e. The van der Waals surface area contributed by atoms with E-state index in [0.717, 1.165) is 0 Å². The minimum absolute atomic E-state index is 0.0869. The Bertz CT molecular complexity index is 735. The number of carbonyl (C=O) groups excluding carboxylic acids is 2. The van der Waals surface area contributed by atoms with Crippen LogP contribution in [-0.2, 0) is 26.2 Å². The lowest BCUT2D eigenvalue weighted by atomic mass is 10.1. The summed E-state index contributed by atoms with van der Waals surface area (Å²) in [5.74, 6) is -0.438. The molecule has 0 heterocycles. The summed E-state index contributed by atoms with van der Waals surface area (Å²) >= 11 is 0. The Hall–Kier alpha value is -2.29. The summed E-state index contributed by atoms with van der Waals surface area (Å²) in [7, 11) is -3.62. The molecule has 0 aromatic heterocycles. The maximum absolute atomic E-state index is 12.5. The van der Waals surface area contributed by atoms with Gasteiger partial charge < -0.3 is 19.1 Å². The van der Waals surface area contributed by atoms with Crippen LogP contribution in [0.25, 0.3) is 0 Å². The van der Waals surface area contributed by atoms with Crippen molar-refractivity contribution in [3.63, 3.8) is 0 Å². The summed E-state index contributed by atoms with van der Waals surface area (Å²) in [6.45, 7) is 7.31. The number of urea groups is 1. The summed E-state index contributed by atoms with van der Waals surface area (Å²) in [6.07, 6.45) is 0.716. The Morgan fingerprint density at radius 3 is 2.52 bits per heavy atom. The van der Waals surface area contributed by atoms with E-state index < -0.39 is 22.1 Å². The van der Waals surface area contributed by atoms with Gasteiger partial charge in [-0.1, -0.05) is 19.1 Å². The van der Waals surface area contributed by atoms with Gasteiger partial charge in [0.2, 0.25) is 0 Å². The van der Waals surface area contributed by atoms with Gasteiger partial charge in [-0.25, -0.2) is 4.79 Å². The number of nitrogens with one attached hydrogen (secondary N) is 1. The molecule has 1 aromatic rings. The number of carbonyl (C=O) groups is 2. The average Bonchev–Trinajstić information content (AvgIpc) is 2.63. The Morgan fingerprint density at radius 1 is 1.22 bits per heavy atom. The number of hydrogen-bond donors (Lipinski definition) is 1. The van der Waals surface area contributed by atoms with Crippen LogP contribution in [0.15, 0.2) is 24.3 Å². The van der Waals surface area contributed by atoms with Crippen molar-refractivity contribution in [1.29, 1.82) is 0 Å². The third-order valence-corrected chi connectivity index (χ3v) is 5.05. The number of hydrogen-bond acceptors (Lipinski definition) is 6. The van der Waals surface area contributed by atoms with Crippen molar-refractivity contribution in [3.05, 3.63) is 29.8 Å². The number of rotatable bonds is 10. The molecule has 0 radical (unpaired) electrons. The molecule has 0 fully saturated rings. The second-order valence-electron chi connectivity index (χ2n) is 5.93. The van der Waals surface area contributed by atoms with E-state index in [1.54, 1.807) is 36.1 Å². The highest BCUT2D eigenvalue weighted by atomic mass is 32.2. The van der Waals surface area contributed by atoms with Crippen LogP contribution < -0.4 is 9.50 Å². The molecule has 0 saturated heterocycles. The lowest BCUT2D eigenvalue weighted by Crippen LogP contribution is -2.46. The Kier molecular flexibility index (Phi) is 9.07. The molecule has 27 heavy (non-hydrogen) atoms. The van der Waals surface area contributed by atoms with E-state index in [1.807, 2.05) is 13.8 Å². The highest BCUT2D eigenvalue weighted by Crippen LogP contribution is 2.18. The van der Waals surface area contributed by atoms with Crippen molar-refractivity contribution in [2.75, 3.05) is 18.9 Å². The van der Waals surface area contributed by atoms with Gasteiger partial charge >= 0.3 is 22.1 Å². The molecule has 0 aliphatic heterocycles. The molecule has 0 spiro atoms. The maximum atomic E-state index is 12.5. The molecule has 0 aliphatic carbocycles. The van der Waals surface area contributed by atoms with Crippen LogP contribution in [-0.4, -0.2) is 50.3 Å². The first-order chi connectivity index (χ1) is 12.7. The fourth-order valence-electron chi connectivity index (χ4n) is 2.21. The summed E-state index contributed by atoms with van der Waals surface area (Å²) in [6, 6.07) is 6.09. The predicted octanol–water partition coefficient (Wildman–Crippen LogP) is 2.29. The van der Waals surface area contributed by atoms with Crippen molar-refractivity contribution >= 4 is 22.1 Å². The number of esters is 1. The van der Waals surface area contributed by atoms with E-state index in [9.17, 15) is 18.0 Å². The predicted molar refractivity (Wildman–Crippen MR) is 102 cm³/mol. The van der Waals surface area contributed by atoms with Gasteiger partial charge in [0, 0.05) is 12.6 Å². The second-order valence-corrected chi connectivity index (χ2v) is 7.79. The normalized spacial score (nSPS) is 12.1. The van der Waals surface area contributed by atoms with Gasteiger partial charge in [-0.2, -0.15) is 8.42 Å². The first-order valence-electron chi connectivity index (χ1n) is 8.93. The van der Waals surface area contributed by atoms with E-state index in [4.69, 9.17) is 8.92 Å². The molecule has 0 saturated carbocycles. The van der Waals surface area contributed by atoms with Crippen LogP contribution in [0.3, 0.4) is 0 Å². The van der Waals surface area contributed by atoms with E-state index in [1.165, 1.54) is 6.92 Å². The molecule has 152 valence electrons. The van der Waals surface area contributed by atoms with Crippen molar-refractivity contribution in [1.82, 2.24) is 10.2 Å². The van der Waals surface area contributed by atoms with Gasteiger partial charge in [0.25, 0.3) is 0 Å². The zero-order valence-corrected chi connectivity index (χ0v) is 17.0. The van der Waals surface area contributed by atoms with Gasteiger partial charge in [-0.15, -0.1) is 0 Å². The molecule has 1 aromatic carbocycles.